The van der Waals surface area contributed by atoms with E-state index in [0.29, 0.717) is 34.9 Å². The number of hydrogen-bond donors (Lipinski definition) is 4. The van der Waals surface area contributed by atoms with Crippen molar-refractivity contribution in [3.63, 3.8) is 0 Å². The molecule has 0 aromatic heterocycles. The zero-order chi connectivity index (χ0) is 35.0. The van der Waals surface area contributed by atoms with Crippen LogP contribution in [0.2, 0.25) is 0 Å². The topological polar surface area (TPSA) is 143 Å². The molecule has 4 aromatic carbocycles. The van der Waals surface area contributed by atoms with Gasteiger partial charge in [-0.25, -0.2) is 4.79 Å². The van der Waals surface area contributed by atoms with Gasteiger partial charge in [-0.3, -0.25) is 14.4 Å². The smallest absolute Gasteiger partial charge is 0.326 e. The van der Waals surface area contributed by atoms with Gasteiger partial charge in [0, 0.05) is 28.9 Å². The number of amides is 3. The van der Waals surface area contributed by atoms with Crippen molar-refractivity contribution >= 4 is 35.1 Å². The van der Waals surface area contributed by atoms with E-state index in [9.17, 15) is 24.3 Å². The quantitative estimate of drug-likeness (QED) is 0.0847. The number of rotatable bonds is 18. The molecule has 0 aliphatic rings. The van der Waals surface area contributed by atoms with Gasteiger partial charge in [0.1, 0.15) is 17.5 Å². The minimum Gasteiger partial charge on any atom is -0.497 e. The zero-order valence-electron chi connectivity index (χ0n) is 27.9. The molecule has 1 atom stereocenters. The summed E-state index contributed by atoms with van der Waals surface area (Å²) in [6.07, 6.45) is 6.01. The van der Waals surface area contributed by atoms with Gasteiger partial charge in [-0.2, -0.15) is 0 Å². The molecule has 0 radical (unpaired) electrons. The van der Waals surface area contributed by atoms with Crippen LogP contribution in [0.4, 0.5) is 11.4 Å². The zero-order valence-corrected chi connectivity index (χ0v) is 27.9. The highest BCUT2D eigenvalue weighted by molar-refractivity contribution is 6.04. The molecule has 1 unspecified atom stereocenters. The number of benzene rings is 4. The van der Waals surface area contributed by atoms with Crippen molar-refractivity contribution in [2.24, 2.45) is 0 Å². The van der Waals surface area contributed by atoms with Crippen LogP contribution < -0.4 is 25.4 Å². The molecular weight excluding hydrogens is 622 g/mol. The summed E-state index contributed by atoms with van der Waals surface area (Å²) in [5.41, 5.74) is 3.24. The summed E-state index contributed by atoms with van der Waals surface area (Å²) in [5.74, 6) is -0.836. The maximum absolute atomic E-state index is 12.9. The summed E-state index contributed by atoms with van der Waals surface area (Å²) in [5, 5.41) is 18.0. The maximum atomic E-state index is 12.9. The Bertz CT molecular complexity index is 1670. The van der Waals surface area contributed by atoms with Gasteiger partial charge in [0.25, 0.3) is 11.8 Å². The minimum atomic E-state index is -1.20. The Morgan fingerprint density at radius 2 is 1.20 bits per heavy atom. The molecule has 49 heavy (non-hydrogen) atoms. The van der Waals surface area contributed by atoms with Crippen molar-refractivity contribution in [3.8, 4) is 11.5 Å². The second-order valence-electron chi connectivity index (χ2n) is 11.7. The van der Waals surface area contributed by atoms with Gasteiger partial charge in [-0.1, -0.05) is 56.9 Å². The van der Waals surface area contributed by atoms with Crippen molar-refractivity contribution in [1.82, 2.24) is 5.32 Å². The summed E-state index contributed by atoms with van der Waals surface area (Å²) in [6, 6.07) is 25.9. The highest BCUT2D eigenvalue weighted by Gasteiger charge is 2.21. The number of carboxylic acid groups (broad SMARTS) is 1. The molecule has 256 valence electrons. The Hall–Kier alpha value is -5.64. The standard InChI is InChI=1S/C39H43N3O7/c1-3-4-5-6-7-24-49-34-22-18-32(19-23-34)41-37(44)29-12-8-27(9-13-29)25-35(39(46)47)42-38(45)30-14-16-31(17-15-30)40-36(43)26-28-10-20-33(48-2)21-11-28/h8-23,35H,3-7,24-26H2,1-2H3,(H,40,43)(H,41,44)(H,42,45)(H,46,47). The second-order valence-corrected chi connectivity index (χ2v) is 11.7. The molecule has 4 N–H and O–H groups in total. The molecule has 0 heterocycles. The molecule has 0 aliphatic heterocycles. The van der Waals surface area contributed by atoms with Crippen molar-refractivity contribution < 1.29 is 33.8 Å². The molecule has 4 aromatic rings. The summed E-state index contributed by atoms with van der Waals surface area (Å²) < 4.78 is 10.9. The van der Waals surface area contributed by atoms with Crippen LogP contribution in [0.5, 0.6) is 11.5 Å². The van der Waals surface area contributed by atoms with E-state index >= 15 is 0 Å². The van der Waals surface area contributed by atoms with Crippen LogP contribution in [0.25, 0.3) is 0 Å². The normalized spacial score (nSPS) is 11.2. The predicted molar refractivity (Wildman–Crippen MR) is 189 cm³/mol. The molecule has 3 amide bonds. The Labute approximate surface area is 286 Å². The number of carboxylic acids is 1. The number of methoxy groups -OCH3 is 1. The number of carbonyl (C=O) groups is 4. The first-order chi connectivity index (χ1) is 23.7. The van der Waals surface area contributed by atoms with Crippen LogP contribution in [-0.2, 0) is 22.4 Å². The first kappa shape index (κ1) is 36.2. The lowest BCUT2D eigenvalue weighted by atomic mass is 10.0. The fourth-order valence-electron chi connectivity index (χ4n) is 5.04. The lowest BCUT2D eigenvalue weighted by molar-refractivity contribution is -0.139. The fourth-order valence-corrected chi connectivity index (χ4v) is 5.04. The molecule has 0 fully saturated rings. The SMILES string of the molecule is CCCCCCCOc1ccc(NC(=O)c2ccc(CC(NC(=O)c3ccc(NC(=O)Cc4ccc(OC)cc4)cc3)C(=O)O)cc2)cc1. The van der Waals surface area contributed by atoms with Gasteiger partial charge >= 0.3 is 5.97 Å². The number of unbranched alkanes of at least 4 members (excludes halogenated alkanes) is 4. The molecule has 0 saturated carbocycles. The molecule has 0 spiro atoms. The first-order valence-corrected chi connectivity index (χ1v) is 16.4. The van der Waals surface area contributed by atoms with E-state index in [-0.39, 0.29) is 30.2 Å². The van der Waals surface area contributed by atoms with Crippen LogP contribution >= 0.6 is 0 Å². The second kappa shape index (κ2) is 18.6. The summed E-state index contributed by atoms with van der Waals surface area (Å²) in [6.45, 7) is 2.85. The van der Waals surface area contributed by atoms with Crippen LogP contribution in [0.3, 0.4) is 0 Å². The van der Waals surface area contributed by atoms with E-state index in [1.807, 2.05) is 24.3 Å². The number of carbonyl (C=O) groups excluding carboxylic acids is 3. The lowest BCUT2D eigenvalue weighted by Gasteiger charge is -2.15. The van der Waals surface area contributed by atoms with Gasteiger partial charge in [-0.05, 0) is 90.3 Å². The van der Waals surface area contributed by atoms with Crippen molar-refractivity contribution in [2.45, 2.75) is 57.9 Å². The highest BCUT2D eigenvalue weighted by atomic mass is 16.5. The average Bonchev–Trinajstić information content (AvgIpc) is 3.11. The lowest BCUT2D eigenvalue weighted by Crippen LogP contribution is -2.42. The van der Waals surface area contributed by atoms with E-state index in [1.165, 1.54) is 31.4 Å². The summed E-state index contributed by atoms with van der Waals surface area (Å²) in [7, 11) is 1.57. The predicted octanol–water partition coefficient (Wildman–Crippen LogP) is 6.90. The van der Waals surface area contributed by atoms with E-state index in [2.05, 4.69) is 22.9 Å². The van der Waals surface area contributed by atoms with Crippen molar-refractivity contribution in [1.29, 1.82) is 0 Å². The molecule has 10 nitrogen and oxygen atoms in total. The Balaban J connectivity index is 1.24. The van der Waals surface area contributed by atoms with Gasteiger partial charge < -0.3 is 30.5 Å². The highest BCUT2D eigenvalue weighted by Crippen LogP contribution is 2.18. The fraction of sp³-hybridized carbons (Fsp3) is 0.282. The minimum absolute atomic E-state index is 0.0164. The first-order valence-electron chi connectivity index (χ1n) is 16.4. The third kappa shape index (κ3) is 11.8. The Morgan fingerprint density at radius 3 is 1.84 bits per heavy atom. The van der Waals surface area contributed by atoms with E-state index in [1.54, 1.807) is 67.8 Å². The number of nitrogens with one attached hydrogen (secondary N) is 3. The molecule has 0 bridgehead atoms. The van der Waals surface area contributed by atoms with Crippen molar-refractivity contribution in [2.75, 3.05) is 24.4 Å². The molecule has 10 heteroatoms. The summed E-state index contributed by atoms with van der Waals surface area (Å²) in [4.78, 5) is 50.1. The van der Waals surface area contributed by atoms with Gasteiger partial charge in [0.2, 0.25) is 5.91 Å². The molecule has 0 saturated heterocycles. The van der Waals surface area contributed by atoms with Gasteiger partial charge in [0.15, 0.2) is 0 Å². The monoisotopic (exact) mass is 665 g/mol. The van der Waals surface area contributed by atoms with Gasteiger partial charge in [-0.15, -0.1) is 0 Å². The van der Waals surface area contributed by atoms with E-state index in [4.69, 9.17) is 9.47 Å². The Kier molecular flexibility index (Phi) is 13.8. The maximum Gasteiger partial charge on any atom is 0.326 e. The van der Waals surface area contributed by atoms with E-state index < -0.39 is 17.9 Å². The number of aliphatic carboxylic acids is 1. The number of anilines is 2. The summed E-state index contributed by atoms with van der Waals surface area (Å²) >= 11 is 0. The van der Waals surface area contributed by atoms with Crippen LogP contribution in [0, 0.1) is 0 Å². The largest absolute Gasteiger partial charge is 0.497 e. The average molecular weight is 666 g/mol. The van der Waals surface area contributed by atoms with Crippen molar-refractivity contribution in [3.05, 3.63) is 119 Å². The van der Waals surface area contributed by atoms with Crippen LogP contribution in [-0.4, -0.2) is 48.6 Å². The van der Waals surface area contributed by atoms with Gasteiger partial charge in [0.05, 0.1) is 20.1 Å². The third-order valence-electron chi connectivity index (χ3n) is 7.84. The third-order valence-corrected chi connectivity index (χ3v) is 7.84. The van der Waals surface area contributed by atoms with Crippen LogP contribution in [0.1, 0.15) is 70.9 Å². The molecule has 0 aliphatic carbocycles. The molecular formula is C39H43N3O7. The Morgan fingerprint density at radius 1 is 0.653 bits per heavy atom. The number of ether oxygens (including phenoxy) is 2. The number of hydrogen-bond acceptors (Lipinski definition) is 6. The molecule has 4 rings (SSSR count). The van der Waals surface area contributed by atoms with E-state index in [0.717, 1.165) is 24.2 Å². The van der Waals surface area contributed by atoms with Crippen LogP contribution in [0.15, 0.2) is 97.1 Å².